The Morgan fingerprint density at radius 1 is 1.15 bits per heavy atom. The summed E-state index contributed by atoms with van der Waals surface area (Å²) >= 11 is 0. The molecule has 0 radical (unpaired) electrons. The van der Waals surface area contributed by atoms with E-state index in [0.29, 0.717) is 12.2 Å². The summed E-state index contributed by atoms with van der Waals surface area (Å²) in [5.41, 5.74) is 0.796. The van der Waals surface area contributed by atoms with Crippen molar-refractivity contribution >= 4 is 21.6 Å². The largest absolute Gasteiger partial charge is 0.334 e. The van der Waals surface area contributed by atoms with E-state index in [0.717, 1.165) is 17.8 Å². The first kappa shape index (κ1) is 18.9. The topological polar surface area (TPSA) is 83.1 Å². The summed E-state index contributed by atoms with van der Waals surface area (Å²) in [7, 11) is -0.502. The average molecular weight is 393 g/mol. The van der Waals surface area contributed by atoms with E-state index in [4.69, 9.17) is 0 Å². The predicted octanol–water partition coefficient (Wildman–Crippen LogP) is 1.41. The number of hydrogen-bond acceptors (Lipinski definition) is 3. The van der Waals surface area contributed by atoms with Crippen molar-refractivity contribution in [2.75, 3.05) is 26.0 Å². The molecule has 3 N–H and O–H groups in total. The van der Waals surface area contributed by atoms with Crippen molar-refractivity contribution in [3.63, 3.8) is 0 Å². The summed E-state index contributed by atoms with van der Waals surface area (Å²) in [5, 5.41) is 5.14. The minimum atomic E-state index is -3.50. The fraction of sp³-hybridized carbons (Fsp3) is 0.650. The summed E-state index contributed by atoms with van der Waals surface area (Å²) in [6.07, 6.45) is 7.94. The Morgan fingerprint density at radius 3 is 2.30 bits per heavy atom. The van der Waals surface area contributed by atoms with Gasteiger partial charge in [-0.15, -0.1) is 0 Å². The highest BCUT2D eigenvalue weighted by Gasteiger charge is 2.53. The number of nitrogens with one attached hydrogen (secondary N) is 1. The second-order valence-corrected chi connectivity index (χ2v) is 11.2. The third-order valence-corrected chi connectivity index (χ3v) is 8.51. The molecule has 0 saturated heterocycles. The number of quaternary nitrogens is 1. The fourth-order valence-corrected chi connectivity index (χ4v) is 6.84. The van der Waals surface area contributed by atoms with Gasteiger partial charge in [0.25, 0.3) is 5.91 Å². The zero-order valence-electron chi connectivity index (χ0n) is 16.1. The summed E-state index contributed by atoms with van der Waals surface area (Å²) < 4.78 is 25.7. The average Bonchev–Trinajstić information content (AvgIpc) is 2.59. The number of carbonyl (C=O) groups is 1. The molecule has 0 aromatic heterocycles. The Balaban J connectivity index is 1.38. The molecule has 0 unspecified atom stereocenters. The van der Waals surface area contributed by atoms with Crippen molar-refractivity contribution < 1.29 is 18.5 Å². The molecular formula is C20H30N3O3S+. The maximum absolute atomic E-state index is 12.5. The molecule has 148 valence electrons. The van der Waals surface area contributed by atoms with Gasteiger partial charge in [0.1, 0.15) is 0 Å². The second-order valence-electron chi connectivity index (χ2n) is 9.05. The number of nitrogens with two attached hydrogens (primary N) is 1. The number of amides is 1. The van der Waals surface area contributed by atoms with Crippen molar-refractivity contribution in [3.05, 3.63) is 24.3 Å². The monoisotopic (exact) mass is 392 g/mol. The smallest absolute Gasteiger partial charge is 0.279 e. The zero-order valence-corrected chi connectivity index (χ0v) is 17.0. The number of rotatable bonds is 6. The van der Waals surface area contributed by atoms with E-state index < -0.39 is 10.0 Å². The molecule has 6 nitrogen and oxygen atoms in total. The third-order valence-electron chi connectivity index (χ3n) is 6.70. The lowest BCUT2D eigenvalue weighted by Gasteiger charge is -2.54. The van der Waals surface area contributed by atoms with Crippen molar-refractivity contribution in [2.45, 2.75) is 49.0 Å². The van der Waals surface area contributed by atoms with Gasteiger partial charge in [-0.1, -0.05) is 6.07 Å². The Labute approximate surface area is 161 Å². The van der Waals surface area contributed by atoms with Crippen LogP contribution in [0.4, 0.5) is 5.69 Å². The van der Waals surface area contributed by atoms with Gasteiger partial charge in [-0.05, 0) is 55.2 Å². The van der Waals surface area contributed by atoms with Gasteiger partial charge in [-0.25, -0.2) is 12.7 Å². The van der Waals surface area contributed by atoms with Crippen LogP contribution in [0.3, 0.4) is 0 Å². The van der Waals surface area contributed by atoms with Gasteiger partial charge < -0.3 is 10.6 Å². The standard InChI is InChI=1S/C20H29N3O3S/c1-23(2)27(25,26)18-5-3-4-17(9-18)22-19(24)13-21-20-10-14-6-15(11-20)8-16(7-14)12-20/h3-5,9,14-16,21H,6-8,10-13H2,1-2H3,(H,22,24)/p+1. The number of nitrogens with zero attached hydrogens (tertiary/aromatic N) is 1. The second kappa shape index (κ2) is 6.87. The van der Waals surface area contributed by atoms with Crippen LogP contribution in [0.15, 0.2) is 29.2 Å². The van der Waals surface area contributed by atoms with Crippen molar-refractivity contribution in [3.8, 4) is 0 Å². The minimum Gasteiger partial charge on any atom is -0.334 e. The highest BCUT2D eigenvalue weighted by atomic mass is 32.2. The van der Waals surface area contributed by atoms with Crippen LogP contribution in [0.5, 0.6) is 0 Å². The van der Waals surface area contributed by atoms with Crippen LogP contribution in [0, 0.1) is 17.8 Å². The lowest BCUT2D eigenvalue weighted by molar-refractivity contribution is -0.729. The van der Waals surface area contributed by atoms with E-state index >= 15 is 0 Å². The number of benzene rings is 1. The molecule has 4 aliphatic rings. The summed E-state index contributed by atoms with van der Waals surface area (Å²) in [6, 6.07) is 6.47. The zero-order chi connectivity index (χ0) is 19.2. The van der Waals surface area contributed by atoms with Gasteiger partial charge in [0.2, 0.25) is 10.0 Å². The molecule has 0 spiro atoms. The van der Waals surface area contributed by atoms with Gasteiger partial charge in [-0.3, -0.25) is 4.79 Å². The molecule has 4 bridgehead atoms. The van der Waals surface area contributed by atoms with Gasteiger partial charge in [0.15, 0.2) is 6.54 Å². The predicted molar refractivity (Wildman–Crippen MR) is 104 cm³/mol. The molecule has 1 aromatic rings. The molecule has 4 saturated carbocycles. The van der Waals surface area contributed by atoms with Gasteiger partial charge in [0, 0.05) is 39.0 Å². The van der Waals surface area contributed by atoms with E-state index in [1.165, 1.54) is 63.0 Å². The van der Waals surface area contributed by atoms with Crippen LogP contribution in [-0.2, 0) is 14.8 Å². The maximum Gasteiger partial charge on any atom is 0.279 e. The van der Waals surface area contributed by atoms with Crippen molar-refractivity contribution in [1.82, 2.24) is 4.31 Å². The van der Waals surface area contributed by atoms with Crippen LogP contribution in [0.2, 0.25) is 0 Å². The first-order chi connectivity index (χ1) is 12.8. The van der Waals surface area contributed by atoms with Crippen LogP contribution in [0.1, 0.15) is 38.5 Å². The summed E-state index contributed by atoms with van der Waals surface area (Å²) in [6.45, 7) is 0.400. The lowest BCUT2D eigenvalue weighted by atomic mass is 9.53. The Bertz CT molecular complexity index is 799. The molecule has 4 aliphatic carbocycles. The molecule has 5 rings (SSSR count). The summed E-state index contributed by atoms with van der Waals surface area (Å²) in [4.78, 5) is 12.7. The molecule has 0 aliphatic heterocycles. The lowest BCUT2D eigenvalue weighted by Crippen LogP contribution is -3.00. The Hall–Kier alpha value is -1.44. The van der Waals surface area contributed by atoms with Crippen LogP contribution in [0.25, 0.3) is 0 Å². The molecule has 1 aromatic carbocycles. The first-order valence-corrected chi connectivity index (χ1v) is 11.4. The van der Waals surface area contributed by atoms with Gasteiger partial charge >= 0.3 is 0 Å². The number of hydrogen-bond donors (Lipinski definition) is 2. The quantitative estimate of drug-likeness (QED) is 0.768. The van der Waals surface area contributed by atoms with E-state index in [2.05, 4.69) is 10.6 Å². The molecule has 4 fully saturated rings. The molecule has 7 heteroatoms. The number of anilines is 1. The van der Waals surface area contributed by atoms with E-state index in [9.17, 15) is 13.2 Å². The molecular weight excluding hydrogens is 362 g/mol. The number of sulfonamides is 1. The molecule has 0 atom stereocenters. The normalized spacial score (nSPS) is 32.0. The van der Waals surface area contributed by atoms with Crippen molar-refractivity contribution in [2.24, 2.45) is 17.8 Å². The van der Waals surface area contributed by atoms with Crippen LogP contribution in [-0.4, -0.2) is 44.8 Å². The molecule has 0 heterocycles. The first-order valence-electron chi connectivity index (χ1n) is 9.93. The number of carbonyl (C=O) groups excluding carboxylic acids is 1. The van der Waals surface area contributed by atoms with E-state index in [1.807, 2.05) is 0 Å². The van der Waals surface area contributed by atoms with E-state index in [1.54, 1.807) is 18.2 Å². The Kier molecular flexibility index (Phi) is 4.81. The molecule has 27 heavy (non-hydrogen) atoms. The summed E-state index contributed by atoms with van der Waals surface area (Å²) in [5.74, 6) is 2.53. The highest BCUT2D eigenvalue weighted by Crippen LogP contribution is 2.54. The third kappa shape index (κ3) is 3.77. The maximum atomic E-state index is 12.5. The van der Waals surface area contributed by atoms with Gasteiger partial charge in [-0.2, -0.15) is 0 Å². The van der Waals surface area contributed by atoms with Crippen LogP contribution >= 0.6 is 0 Å². The van der Waals surface area contributed by atoms with Crippen molar-refractivity contribution in [1.29, 1.82) is 0 Å². The molecule has 1 amide bonds. The van der Waals surface area contributed by atoms with Crippen LogP contribution < -0.4 is 10.6 Å². The minimum absolute atomic E-state index is 0.0647. The fourth-order valence-electron chi connectivity index (χ4n) is 5.89. The highest BCUT2D eigenvalue weighted by molar-refractivity contribution is 7.89. The Morgan fingerprint density at radius 2 is 1.74 bits per heavy atom. The van der Waals surface area contributed by atoms with E-state index in [-0.39, 0.29) is 16.3 Å². The SMILES string of the molecule is CN(C)S(=O)(=O)c1cccc(NC(=O)C[NH2+]C23CC4CC(CC(C4)C2)C3)c1. The van der Waals surface area contributed by atoms with Gasteiger partial charge in [0.05, 0.1) is 10.4 Å².